The first-order valence-corrected chi connectivity index (χ1v) is 8.15. The highest BCUT2D eigenvalue weighted by Gasteiger charge is 2.28. The summed E-state index contributed by atoms with van der Waals surface area (Å²) >= 11 is 7.04. The zero-order chi connectivity index (χ0) is 14.1. The molecule has 20 heavy (non-hydrogen) atoms. The van der Waals surface area contributed by atoms with E-state index in [0.717, 1.165) is 21.1 Å². The predicted molar refractivity (Wildman–Crippen MR) is 88.1 cm³/mol. The Morgan fingerprint density at radius 1 is 1.10 bits per heavy atom. The summed E-state index contributed by atoms with van der Waals surface area (Å²) in [7, 11) is 2.00. The molecule has 1 N–H and O–H groups in total. The summed E-state index contributed by atoms with van der Waals surface area (Å²) in [6, 6.07) is 14.9. The van der Waals surface area contributed by atoms with Crippen LogP contribution in [0.5, 0.6) is 5.75 Å². The van der Waals surface area contributed by atoms with Gasteiger partial charge in [-0.05, 0) is 36.9 Å². The zero-order valence-electron chi connectivity index (χ0n) is 11.1. The Labute approximate surface area is 135 Å². The summed E-state index contributed by atoms with van der Waals surface area (Å²) in [6.45, 7) is 0. The molecule has 2 aromatic rings. The van der Waals surface area contributed by atoms with E-state index in [-0.39, 0.29) is 6.10 Å². The molecule has 0 saturated carbocycles. The highest BCUT2D eigenvalue weighted by atomic mass is 79.9. The number of hydrogen-bond acceptors (Lipinski definition) is 2. The average molecular weight is 397 g/mol. The van der Waals surface area contributed by atoms with Gasteiger partial charge in [-0.25, -0.2) is 0 Å². The minimum absolute atomic E-state index is 0.0757. The van der Waals surface area contributed by atoms with Crippen molar-refractivity contribution in [2.75, 3.05) is 7.05 Å². The van der Waals surface area contributed by atoms with Crippen molar-refractivity contribution < 1.29 is 4.74 Å². The van der Waals surface area contributed by atoms with Gasteiger partial charge >= 0.3 is 0 Å². The summed E-state index contributed by atoms with van der Waals surface area (Å²) < 4.78 is 8.32. The van der Waals surface area contributed by atoms with Crippen LogP contribution in [0.4, 0.5) is 0 Å². The van der Waals surface area contributed by atoms with E-state index in [0.29, 0.717) is 6.04 Å². The molecule has 0 aromatic heterocycles. The number of hydrogen-bond donors (Lipinski definition) is 1. The van der Waals surface area contributed by atoms with Crippen LogP contribution in [0.25, 0.3) is 0 Å². The average Bonchev–Trinajstić information content (AvgIpc) is 2.45. The number of benzene rings is 2. The molecule has 4 heteroatoms. The monoisotopic (exact) mass is 395 g/mol. The summed E-state index contributed by atoms with van der Waals surface area (Å²) in [4.78, 5) is 0. The predicted octanol–water partition coefficient (Wildman–Crippen LogP) is 5.00. The molecule has 0 spiro atoms. The molecule has 0 radical (unpaired) electrons. The van der Waals surface area contributed by atoms with Gasteiger partial charge in [0.25, 0.3) is 0 Å². The van der Waals surface area contributed by atoms with E-state index in [2.05, 4.69) is 61.4 Å². The largest absolute Gasteiger partial charge is 0.485 e. The summed E-state index contributed by atoms with van der Waals surface area (Å²) in [5.41, 5.74) is 2.42. The first-order valence-electron chi connectivity index (χ1n) is 6.56. The number of ether oxygens (including phenoxy) is 1. The highest BCUT2D eigenvalue weighted by molar-refractivity contribution is 9.10. The quantitative estimate of drug-likeness (QED) is 0.771. The van der Waals surface area contributed by atoms with Gasteiger partial charge < -0.3 is 10.1 Å². The van der Waals surface area contributed by atoms with E-state index < -0.39 is 0 Å². The van der Waals surface area contributed by atoms with Crippen molar-refractivity contribution in [2.24, 2.45) is 0 Å². The molecule has 104 valence electrons. The van der Waals surface area contributed by atoms with Gasteiger partial charge in [0.15, 0.2) is 0 Å². The van der Waals surface area contributed by atoms with Crippen molar-refractivity contribution in [3.05, 3.63) is 62.5 Å². The van der Waals surface area contributed by atoms with E-state index in [1.165, 1.54) is 11.1 Å². The lowest BCUT2D eigenvalue weighted by Gasteiger charge is -2.32. The Kier molecular flexibility index (Phi) is 4.15. The molecule has 2 atom stereocenters. The summed E-state index contributed by atoms with van der Waals surface area (Å²) in [5.74, 6) is 0.954. The lowest BCUT2D eigenvalue weighted by Crippen LogP contribution is -2.26. The fraction of sp³-hybridized carbons (Fsp3) is 0.250. The molecule has 0 amide bonds. The van der Waals surface area contributed by atoms with Gasteiger partial charge in [-0.3, -0.25) is 0 Å². The van der Waals surface area contributed by atoms with Crippen LogP contribution in [-0.2, 0) is 0 Å². The molecule has 3 rings (SSSR count). The van der Waals surface area contributed by atoms with Crippen LogP contribution in [0.2, 0.25) is 0 Å². The van der Waals surface area contributed by atoms with Crippen LogP contribution in [0.3, 0.4) is 0 Å². The number of nitrogens with one attached hydrogen (secondary N) is 1. The minimum Gasteiger partial charge on any atom is -0.485 e. The standard InChI is InChI=1S/C16H15Br2NO/c1-19-14-9-15(10-3-2-4-11(17)7-10)20-16-8-12(18)5-6-13(14)16/h2-8,14-15,19H,9H2,1H3. The Morgan fingerprint density at radius 2 is 1.90 bits per heavy atom. The smallest absolute Gasteiger partial charge is 0.126 e. The third-order valence-corrected chi connectivity index (χ3v) is 4.63. The molecule has 0 aliphatic carbocycles. The lowest BCUT2D eigenvalue weighted by molar-refractivity contribution is 0.153. The maximum atomic E-state index is 6.20. The van der Waals surface area contributed by atoms with Crippen LogP contribution < -0.4 is 10.1 Å². The topological polar surface area (TPSA) is 21.3 Å². The molecule has 2 unspecified atom stereocenters. The van der Waals surface area contributed by atoms with Crippen molar-refractivity contribution in [3.63, 3.8) is 0 Å². The lowest BCUT2D eigenvalue weighted by atomic mass is 9.93. The molecule has 0 fully saturated rings. The van der Waals surface area contributed by atoms with Crippen molar-refractivity contribution in [3.8, 4) is 5.75 Å². The van der Waals surface area contributed by atoms with Gasteiger partial charge in [0.2, 0.25) is 0 Å². The Balaban J connectivity index is 1.97. The molecule has 2 aromatic carbocycles. The van der Waals surface area contributed by atoms with E-state index in [4.69, 9.17) is 4.74 Å². The molecular weight excluding hydrogens is 382 g/mol. The van der Waals surface area contributed by atoms with Gasteiger partial charge in [-0.2, -0.15) is 0 Å². The first kappa shape index (κ1) is 14.1. The maximum absolute atomic E-state index is 6.20. The second-order valence-corrected chi connectivity index (χ2v) is 6.75. The highest BCUT2D eigenvalue weighted by Crippen LogP contribution is 2.42. The van der Waals surface area contributed by atoms with Crippen LogP contribution in [0, 0.1) is 0 Å². The molecule has 1 aliphatic heterocycles. The summed E-state index contributed by atoms with van der Waals surface area (Å²) in [5, 5.41) is 3.39. The van der Waals surface area contributed by atoms with Crippen LogP contribution in [0.1, 0.15) is 29.7 Å². The van der Waals surface area contributed by atoms with E-state index >= 15 is 0 Å². The maximum Gasteiger partial charge on any atom is 0.126 e. The van der Waals surface area contributed by atoms with E-state index in [9.17, 15) is 0 Å². The summed E-state index contributed by atoms with van der Waals surface area (Å²) in [6.07, 6.45) is 1.01. The van der Waals surface area contributed by atoms with Crippen molar-refractivity contribution >= 4 is 31.9 Å². The first-order chi connectivity index (χ1) is 9.67. The third kappa shape index (κ3) is 2.78. The number of rotatable bonds is 2. The van der Waals surface area contributed by atoms with Crippen molar-refractivity contribution in [2.45, 2.75) is 18.6 Å². The van der Waals surface area contributed by atoms with Gasteiger partial charge in [-0.1, -0.05) is 50.1 Å². The second-order valence-electron chi connectivity index (χ2n) is 4.92. The molecule has 2 nitrogen and oxygen atoms in total. The molecule has 0 saturated heterocycles. The van der Waals surface area contributed by atoms with Gasteiger partial charge in [0.1, 0.15) is 11.9 Å². The van der Waals surface area contributed by atoms with Crippen molar-refractivity contribution in [1.82, 2.24) is 5.32 Å². The second kappa shape index (κ2) is 5.88. The Hall–Kier alpha value is -0.840. The Bertz CT molecular complexity index is 630. The van der Waals surface area contributed by atoms with E-state index in [1.54, 1.807) is 0 Å². The molecular formula is C16H15Br2NO. The van der Waals surface area contributed by atoms with E-state index in [1.807, 2.05) is 25.2 Å². The zero-order valence-corrected chi connectivity index (χ0v) is 14.2. The molecule has 0 bridgehead atoms. The van der Waals surface area contributed by atoms with Crippen LogP contribution in [0.15, 0.2) is 51.4 Å². The molecule has 1 heterocycles. The Morgan fingerprint density at radius 3 is 2.65 bits per heavy atom. The minimum atomic E-state index is 0.0757. The van der Waals surface area contributed by atoms with Gasteiger partial charge in [0, 0.05) is 27.0 Å². The van der Waals surface area contributed by atoms with Gasteiger partial charge in [0.05, 0.1) is 0 Å². The van der Waals surface area contributed by atoms with Crippen LogP contribution >= 0.6 is 31.9 Å². The van der Waals surface area contributed by atoms with Crippen molar-refractivity contribution in [1.29, 1.82) is 0 Å². The number of fused-ring (bicyclic) bond motifs is 1. The fourth-order valence-corrected chi connectivity index (χ4v) is 3.38. The SMILES string of the molecule is CNC1CC(c2cccc(Br)c2)Oc2cc(Br)ccc21. The third-order valence-electron chi connectivity index (χ3n) is 3.64. The van der Waals surface area contributed by atoms with Crippen LogP contribution in [-0.4, -0.2) is 7.05 Å². The fourth-order valence-electron chi connectivity index (χ4n) is 2.62. The molecule has 1 aliphatic rings. The normalized spacial score (nSPS) is 21.1. The number of halogens is 2. The van der Waals surface area contributed by atoms with Gasteiger partial charge in [-0.15, -0.1) is 0 Å².